The number of carbonyl (C=O) groups is 2. The average Bonchev–Trinajstić information content (AvgIpc) is 3.36. The third kappa shape index (κ3) is 2.11. The fourth-order valence-corrected chi connectivity index (χ4v) is 4.84. The lowest BCUT2D eigenvalue weighted by Crippen LogP contribution is -2.46. The van der Waals surface area contributed by atoms with Gasteiger partial charge in [-0.25, -0.2) is 0 Å². The van der Waals surface area contributed by atoms with E-state index < -0.39 is 17.4 Å². The number of ether oxygens (including phenoxy) is 1. The summed E-state index contributed by atoms with van der Waals surface area (Å²) in [7, 11) is 0. The SMILES string of the molecule is Cc1cc(N2CC34C=CC(O3)C(C(=O)NC3CCCC3)C4C2=O)no1. The molecule has 3 fully saturated rings. The molecule has 4 heterocycles. The third-order valence-electron chi connectivity index (χ3n) is 6.00. The minimum atomic E-state index is -0.716. The molecular weight excluding hydrogens is 322 g/mol. The molecule has 1 aromatic rings. The Morgan fingerprint density at radius 2 is 2.20 bits per heavy atom. The van der Waals surface area contributed by atoms with E-state index in [1.807, 2.05) is 12.2 Å². The highest BCUT2D eigenvalue weighted by atomic mass is 16.5. The van der Waals surface area contributed by atoms with Crippen LogP contribution < -0.4 is 10.2 Å². The van der Waals surface area contributed by atoms with Crippen molar-refractivity contribution in [3.63, 3.8) is 0 Å². The zero-order chi connectivity index (χ0) is 17.2. The molecule has 1 aromatic heterocycles. The molecule has 1 spiro atoms. The summed E-state index contributed by atoms with van der Waals surface area (Å²) in [6.45, 7) is 2.17. The second-order valence-electron chi connectivity index (χ2n) is 7.61. The number of anilines is 1. The van der Waals surface area contributed by atoms with Gasteiger partial charge >= 0.3 is 0 Å². The number of nitrogens with one attached hydrogen (secondary N) is 1. The molecule has 25 heavy (non-hydrogen) atoms. The summed E-state index contributed by atoms with van der Waals surface area (Å²) in [4.78, 5) is 27.6. The molecule has 2 bridgehead atoms. The van der Waals surface area contributed by atoms with Gasteiger partial charge in [-0.3, -0.25) is 14.5 Å². The van der Waals surface area contributed by atoms with Crippen molar-refractivity contribution in [3.05, 3.63) is 24.0 Å². The van der Waals surface area contributed by atoms with Crippen molar-refractivity contribution < 1.29 is 18.8 Å². The van der Waals surface area contributed by atoms with Crippen LogP contribution in [0.5, 0.6) is 0 Å². The van der Waals surface area contributed by atoms with Crippen LogP contribution in [0.4, 0.5) is 5.82 Å². The molecule has 4 atom stereocenters. The van der Waals surface area contributed by atoms with E-state index in [0.717, 1.165) is 25.7 Å². The molecular formula is C18H21N3O4. The largest absolute Gasteiger partial charge is 0.360 e. The number of aromatic nitrogens is 1. The van der Waals surface area contributed by atoms with Gasteiger partial charge < -0.3 is 14.6 Å². The van der Waals surface area contributed by atoms with E-state index >= 15 is 0 Å². The molecule has 1 saturated carbocycles. The third-order valence-corrected chi connectivity index (χ3v) is 6.00. The van der Waals surface area contributed by atoms with E-state index in [4.69, 9.17) is 9.26 Å². The highest BCUT2D eigenvalue weighted by molar-refractivity contribution is 6.02. The van der Waals surface area contributed by atoms with Crippen molar-refractivity contribution in [1.29, 1.82) is 0 Å². The second-order valence-corrected chi connectivity index (χ2v) is 7.61. The van der Waals surface area contributed by atoms with E-state index in [9.17, 15) is 9.59 Å². The minimum Gasteiger partial charge on any atom is -0.360 e. The van der Waals surface area contributed by atoms with E-state index in [-0.39, 0.29) is 24.0 Å². The summed E-state index contributed by atoms with van der Waals surface area (Å²) in [6.07, 6.45) is 7.92. The lowest BCUT2D eigenvalue weighted by Gasteiger charge is -2.24. The van der Waals surface area contributed by atoms with Crippen LogP contribution in [0.1, 0.15) is 31.4 Å². The van der Waals surface area contributed by atoms with E-state index in [1.54, 1.807) is 17.9 Å². The van der Waals surface area contributed by atoms with Gasteiger partial charge in [-0.15, -0.1) is 0 Å². The Morgan fingerprint density at radius 3 is 2.92 bits per heavy atom. The van der Waals surface area contributed by atoms with Crippen LogP contribution in [-0.2, 0) is 14.3 Å². The lowest BCUT2D eigenvalue weighted by molar-refractivity contribution is -0.132. The number of aryl methyl sites for hydroxylation is 1. The van der Waals surface area contributed by atoms with Crippen molar-refractivity contribution in [3.8, 4) is 0 Å². The van der Waals surface area contributed by atoms with Crippen LogP contribution in [0.25, 0.3) is 0 Å². The monoisotopic (exact) mass is 343 g/mol. The molecule has 0 radical (unpaired) electrons. The molecule has 1 N–H and O–H groups in total. The summed E-state index contributed by atoms with van der Waals surface area (Å²) in [5.41, 5.74) is -0.716. The fourth-order valence-electron chi connectivity index (χ4n) is 4.84. The fraction of sp³-hybridized carbons (Fsp3) is 0.611. The molecule has 2 saturated heterocycles. The maximum absolute atomic E-state index is 13.1. The quantitative estimate of drug-likeness (QED) is 0.837. The maximum atomic E-state index is 13.1. The van der Waals surface area contributed by atoms with Gasteiger partial charge in [-0.05, 0) is 19.8 Å². The molecule has 2 amide bonds. The molecule has 0 aromatic carbocycles. The van der Waals surface area contributed by atoms with Crippen molar-refractivity contribution >= 4 is 17.6 Å². The van der Waals surface area contributed by atoms with Gasteiger partial charge in [0.05, 0.1) is 24.5 Å². The van der Waals surface area contributed by atoms with Gasteiger partial charge in [0.25, 0.3) is 0 Å². The van der Waals surface area contributed by atoms with Crippen LogP contribution in [0.3, 0.4) is 0 Å². The Hall–Kier alpha value is -2.15. The van der Waals surface area contributed by atoms with Gasteiger partial charge in [0.15, 0.2) is 5.82 Å². The van der Waals surface area contributed by atoms with Crippen molar-refractivity contribution in [2.24, 2.45) is 11.8 Å². The minimum absolute atomic E-state index is 0.0559. The zero-order valence-corrected chi connectivity index (χ0v) is 14.1. The zero-order valence-electron chi connectivity index (χ0n) is 14.1. The lowest BCUT2D eigenvalue weighted by atomic mass is 9.76. The number of hydrogen-bond acceptors (Lipinski definition) is 5. The van der Waals surface area contributed by atoms with Crippen LogP contribution >= 0.6 is 0 Å². The van der Waals surface area contributed by atoms with E-state index in [1.165, 1.54) is 0 Å². The van der Waals surface area contributed by atoms with Gasteiger partial charge in [-0.1, -0.05) is 30.2 Å². The topological polar surface area (TPSA) is 84.7 Å². The van der Waals surface area contributed by atoms with E-state index in [0.29, 0.717) is 18.1 Å². The number of amides is 2. The van der Waals surface area contributed by atoms with Gasteiger partial charge in [0.2, 0.25) is 11.8 Å². The predicted octanol–water partition coefficient (Wildman–Crippen LogP) is 1.33. The number of carbonyl (C=O) groups excluding carboxylic acids is 2. The summed E-state index contributed by atoms with van der Waals surface area (Å²) in [5, 5.41) is 7.09. The first kappa shape index (κ1) is 15.1. The normalized spacial score (nSPS) is 36.4. The van der Waals surface area contributed by atoms with Gasteiger partial charge in [0, 0.05) is 12.1 Å². The van der Waals surface area contributed by atoms with E-state index in [2.05, 4.69) is 10.5 Å². The molecule has 3 aliphatic heterocycles. The molecule has 7 heteroatoms. The summed E-state index contributed by atoms with van der Waals surface area (Å²) in [5.74, 6) is 0.0266. The Balaban J connectivity index is 1.42. The molecule has 4 unspecified atom stereocenters. The molecule has 1 aliphatic carbocycles. The summed E-state index contributed by atoms with van der Waals surface area (Å²) >= 11 is 0. The molecule has 5 rings (SSSR count). The van der Waals surface area contributed by atoms with Crippen LogP contribution in [0, 0.1) is 18.8 Å². The van der Waals surface area contributed by atoms with Crippen molar-refractivity contribution in [2.75, 3.05) is 11.4 Å². The molecule has 4 aliphatic rings. The Morgan fingerprint density at radius 1 is 1.40 bits per heavy atom. The van der Waals surface area contributed by atoms with Crippen molar-refractivity contribution in [2.45, 2.75) is 50.4 Å². The summed E-state index contributed by atoms with van der Waals surface area (Å²) < 4.78 is 11.2. The first-order valence-electron chi connectivity index (χ1n) is 9.00. The van der Waals surface area contributed by atoms with Gasteiger partial charge in [0.1, 0.15) is 11.4 Å². The van der Waals surface area contributed by atoms with Crippen LogP contribution in [0.2, 0.25) is 0 Å². The first-order chi connectivity index (χ1) is 12.1. The highest BCUT2D eigenvalue weighted by Gasteiger charge is 2.67. The van der Waals surface area contributed by atoms with Crippen LogP contribution in [0.15, 0.2) is 22.7 Å². The highest BCUT2D eigenvalue weighted by Crippen LogP contribution is 2.52. The second kappa shape index (κ2) is 5.17. The average molecular weight is 343 g/mol. The number of rotatable bonds is 3. The molecule has 132 valence electrons. The number of nitrogens with zero attached hydrogens (tertiary/aromatic N) is 2. The number of fused-ring (bicyclic) bond motifs is 1. The maximum Gasteiger partial charge on any atom is 0.235 e. The standard InChI is InChI=1S/C18H21N3O4/c1-10-8-13(20-25-10)21-9-18-7-6-12(24-18)14(15(18)17(21)23)16(22)19-11-4-2-3-5-11/h6-8,11-12,14-15H,2-5,9H2,1H3,(H,19,22). The van der Waals surface area contributed by atoms with Crippen LogP contribution in [-0.4, -0.2) is 41.3 Å². The first-order valence-corrected chi connectivity index (χ1v) is 9.00. The Kier molecular flexibility index (Phi) is 3.13. The number of hydrogen-bond donors (Lipinski definition) is 1. The summed E-state index contributed by atoms with van der Waals surface area (Å²) in [6, 6.07) is 1.97. The molecule has 7 nitrogen and oxygen atoms in total. The Bertz CT molecular complexity index is 766. The smallest absolute Gasteiger partial charge is 0.235 e. The van der Waals surface area contributed by atoms with Crippen molar-refractivity contribution in [1.82, 2.24) is 10.5 Å². The van der Waals surface area contributed by atoms with Gasteiger partial charge in [-0.2, -0.15) is 0 Å². The predicted molar refractivity (Wildman–Crippen MR) is 87.7 cm³/mol. The Labute approximate surface area is 145 Å².